The van der Waals surface area contributed by atoms with Crippen LogP contribution in [-0.4, -0.2) is 58.8 Å². The molecule has 1 aromatic heterocycles. The minimum atomic E-state index is -0.751. The van der Waals surface area contributed by atoms with Crippen molar-refractivity contribution in [1.29, 1.82) is 0 Å². The van der Waals surface area contributed by atoms with Gasteiger partial charge in [0, 0.05) is 60.1 Å². The van der Waals surface area contributed by atoms with E-state index in [-0.39, 0.29) is 29.4 Å². The van der Waals surface area contributed by atoms with Crippen LogP contribution in [0.2, 0.25) is 0 Å². The Morgan fingerprint density at radius 1 is 0.839 bits per heavy atom. The maximum atomic E-state index is 14.4. The number of anilines is 1. The lowest BCUT2D eigenvalue weighted by Crippen LogP contribution is -2.44. The zero-order valence-corrected chi connectivity index (χ0v) is 37.6. The number of nitrogens with one attached hydrogen (secondary N) is 2. The van der Waals surface area contributed by atoms with Crippen LogP contribution in [0.3, 0.4) is 0 Å². The summed E-state index contributed by atoms with van der Waals surface area (Å²) in [6.07, 6.45) is 3.96. The lowest BCUT2D eigenvalue weighted by molar-refractivity contribution is -0.120. The molecule has 0 unspecified atom stereocenters. The number of thiazole rings is 1. The molecule has 1 saturated heterocycles. The number of aromatic nitrogens is 1. The number of hydrogen-bond acceptors (Lipinski definition) is 8. The average molecular weight is 865 g/mol. The van der Waals surface area contributed by atoms with Gasteiger partial charge in [-0.1, -0.05) is 134 Å². The van der Waals surface area contributed by atoms with Crippen LogP contribution in [0.25, 0.3) is 0 Å². The molecule has 0 saturated carbocycles. The number of carbonyl (C=O) groups is 3. The van der Waals surface area contributed by atoms with E-state index in [1.807, 2.05) is 87.3 Å². The van der Waals surface area contributed by atoms with E-state index in [4.69, 9.17) is 4.74 Å². The molecule has 5 aromatic carbocycles. The predicted octanol–water partition coefficient (Wildman–Crippen LogP) is 10.4. The van der Waals surface area contributed by atoms with E-state index >= 15 is 0 Å². The second kappa shape index (κ2) is 20.5. The standard InChI is InChI=1S/C52H56N4O4S2/c1-5-46(47(57)32-37-18-10-6-11-19-37)55-49(58)45-34-43(28-26-38(45)27-29-48-53-30-31-61-48)56(50(59)60-51(2,3)4)36-42-33-44(35-54-42)62-52(39-20-12-7-13-21-39,40-22-14-8-15-23-40)41-24-16-9-17-25-41/h6-26,28,30-31,34,42,44,46,54H,5,27,29,32-33,35-36H2,1-4H3,(H,55,58)/t42-,44-,46-/m0/s1. The molecule has 1 aliphatic heterocycles. The molecule has 3 atom stereocenters. The number of ketones is 1. The summed E-state index contributed by atoms with van der Waals surface area (Å²) in [5.41, 5.74) is 5.54. The Balaban J connectivity index is 1.18. The predicted molar refractivity (Wildman–Crippen MR) is 253 cm³/mol. The SMILES string of the molecule is CC[C@H](NC(=O)c1cc(N(C[C@@H]2C[C@H](SC(c3ccccc3)(c3ccccc3)c3ccccc3)CN2)C(=O)OC(C)(C)C)ccc1CCc1nccs1)C(=O)Cc1ccccc1. The maximum Gasteiger partial charge on any atom is 0.414 e. The minimum absolute atomic E-state index is 0.0570. The van der Waals surface area contributed by atoms with Gasteiger partial charge in [-0.3, -0.25) is 14.5 Å². The lowest BCUT2D eigenvalue weighted by Gasteiger charge is -2.37. The Morgan fingerprint density at radius 2 is 1.44 bits per heavy atom. The number of Topliss-reactive ketones (excluding diaryl/α,β-unsaturated/α-hetero) is 1. The first-order chi connectivity index (χ1) is 30.0. The van der Waals surface area contributed by atoms with Crippen molar-refractivity contribution in [3.63, 3.8) is 0 Å². The first-order valence-electron chi connectivity index (χ1n) is 21.5. The van der Waals surface area contributed by atoms with Gasteiger partial charge in [0.25, 0.3) is 5.91 Å². The summed E-state index contributed by atoms with van der Waals surface area (Å²) in [5, 5.41) is 9.92. The van der Waals surface area contributed by atoms with E-state index in [0.717, 1.165) is 29.1 Å². The molecule has 10 heteroatoms. The summed E-state index contributed by atoms with van der Waals surface area (Å²) in [7, 11) is 0. The fourth-order valence-electron chi connectivity index (χ4n) is 8.15. The van der Waals surface area contributed by atoms with Gasteiger partial charge in [0.2, 0.25) is 0 Å². The molecule has 8 nitrogen and oxygen atoms in total. The Hall–Kier alpha value is -5.55. The van der Waals surface area contributed by atoms with Crippen LogP contribution in [0.15, 0.2) is 151 Å². The fraction of sp³-hybridized carbons (Fsp3) is 0.308. The quantitative estimate of drug-likeness (QED) is 0.0881. The molecule has 0 aliphatic carbocycles. The summed E-state index contributed by atoms with van der Waals surface area (Å²) in [6, 6.07) is 46.6. The highest BCUT2D eigenvalue weighted by atomic mass is 32.2. The van der Waals surface area contributed by atoms with Gasteiger partial charge in [-0.25, -0.2) is 9.78 Å². The number of nitrogens with zero attached hydrogens (tertiary/aromatic N) is 2. The molecular weight excluding hydrogens is 809 g/mol. The average Bonchev–Trinajstić information content (AvgIpc) is 3.99. The van der Waals surface area contributed by atoms with E-state index in [0.29, 0.717) is 37.1 Å². The molecule has 2 N–H and O–H groups in total. The van der Waals surface area contributed by atoms with Gasteiger partial charge >= 0.3 is 6.09 Å². The maximum absolute atomic E-state index is 14.4. The third kappa shape index (κ3) is 11.1. The zero-order valence-electron chi connectivity index (χ0n) is 36.0. The molecule has 2 heterocycles. The van der Waals surface area contributed by atoms with Crippen LogP contribution in [0, 0.1) is 0 Å². The molecule has 7 rings (SSSR count). The molecule has 1 fully saturated rings. The molecule has 0 bridgehead atoms. The number of ether oxygens (including phenoxy) is 1. The summed E-state index contributed by atoms with van der Waals surface area (Å²) in [5.74, 6) is -0.411. The van der Waals surface area contributed by atoms with E-state index in [2.05, 4.69) is 107 Å². The molecule has 0 radical (unpaired) electrons. The summed E-state index contributed by atoms with van der Waals surface area (Å²) in [6.45, 7) is 8.55. The summed E-state index contributed by atoms with van der Waals surface area (Å²) < 4.78 is 5.56. The molecule has 320 valence electrons. The van der Waals surface area contributed by atoms with Crippen LogP contribution < -0.4 is 15.5 Å². The van der Waals surface area contributed by atoms with Gasteiger partial charge in [0.05, 0.1) is 15.8 Å². The smallest absolute Gasteiger partial charge is 0.414 e. The Kier molecular flexibility index (Phi) is 14.7. The molecule has 1 aliphatic rings. The number of rotatable bonds is 17. The highest BCUT2D eigenvalue weighted by molar-refractivity contribution is 8.01. The molecule has 6 aromatic rings. The van der Waals surface area contributed by atoms with Gasteiger partial charge in [0.15, 0.2) is 5.78 Å². The highest BCUT2D eigenvalue weighted by Crippen LogP contribution is 2.51. The zero-order chi connectivity index (χ0) is 43.5. The summed E-state index contributed by atoms with van der Waals surface area (Å²) in [4.78, 5) is 48.3. The van der Waals surface area contributed by atoms with Crippen molar-refractivity contribution in [3.05, 3.63) is 189 Å². The van der Waals surface area contributed by atoms with Gasteiger partial charge in [0.1, 0.15) is 5.60 Å². The van der Waals surface area contributed by atoms with Crippen LogP contribution >= 0.6 is 23.1 Å². The van der Waals surface area contributed by atoms with Gasteiger partial charge in [-0.05, 0) is 80.0 Å². The van der Waals surface area contributed by atoms with Crippen molar-refractivity contribution in [2.24, 2.45) is 0 Å². The molecular formula is C52H56N4O4S2. The Bertz CT molecular complexity index is 2280. The Labute approximate surface area is 374 Å². The third-order valence-corrected chi connectivity index (χ3v) is 13.7. The first-order valence-corrected chi connectivity index (χ1v) is 23.3. The van der Waals surface area contributed by atoms with Crippen molar-refractivity contribution in [2.45, 2.75) is 87.5 Å². The molecule has 62 heavy (non-hydrogen) atoms. The largest absolute Gasteiger partial charge is 0.443 e. The second-order valence-corrected chi connectivity index (χ2v) is 19.3. The second-order valence-electron chi connectivity index (χ2n) is 16.8. The van der Waals surface area contributed by atoms with Gasteiger partial charge in [-0.2, -0.15) is 0 Å². The number of benzene rings is 5. The van der Waals surface area contributed by atoms with E-state index in [9.17, 15) is 14.4 Å². The van der Waals surface area contributed by atoms with Crippen LogP contribution in [0.5, 0.6) is 0 Å². The lowest BCUT2D eigenvalue weighted by atomic mass is 9.84. The topological polar surface area (TPSA) is 101 Å². The minimum Gasteiger partial charge on any atom is -0.443 e. The normalized spacial score (nSPS) is 15.7. The van der Waals surface area contributed by atoms with Crippen molar-refractivity contribution in [1.82, 2.24) is 15.6 Å². The fourth-order valence-corrected chi connectivity index (χ4v) is 10.6. The number of amides is 2. The van der Waals surface area contributed by atoms with E-state index < -0.39 is 22.5 Å². The Morgan fingerprint density at radius 3 is 1.98 bits per heavy atom. The van der Waals surface area contributed by atoms with Crippen molar-refractivity contribution in [2.75, 3.05) is 18.0 Å². The molecule has 2 amide bonds. The highest BCUT2D eigenvalue weighted by Gasteiger charge is 2.42. The van der Waals surface area contributed by atoms with Crippen LogP contribution in [0.4, 0.5) is 10.5 Å². The first kappa shape index (κ1) is 44.5. The van der Waals surface area contributed by atoms with Crippen molar-refractivity contribution >= 4 is 46.6 Å². The third-order valence-electron chi connectivity index (χ3n) is 11.1. The summed E-state index contributed by atoms with van der Waals surface area (Å²) >= 11 is 3.52. The van der Waals surface area contributed by atoms with Gasteiger partial charge in [-0.15, -0.1) is 23.1 Å². The van der Waals surface area contributed by atoms with Gasteiger partial charge < -0.3 is 15.4 Å². The monoisotopic (exact) mass is 864 g/mol. The van der Waals surface area contributed by atoms with Crippen molar-refractivity contribution in [3.8, 4) is 0 Å². The van der Waals surface area contributed by atoms with Crippen molar-refractivity contribution < 1.29 is 19.1 Å². The number of aryl methyl sites for hydroxylation is 2. The van der Waals surface area contributed by atoms with E-state index in [1.165, 1.54) is 16.7 Å². The molecule has 0 spiro atoms. The van der Waals surface area contributed by atoms with Crippen LogP contribution in [0.1, 0.15) is 83.7 Å². The number of hydrogen-bond donors (Lipinski definition) is 2. The number of carbonyl (C=O) groups excluding carboxylic acids is 3. The van der Waals surface area contributed by atoms with E-state index in [1.54, 1.807) is 28.5 Å². The number of thioether (sulfide) groups is 1. The van der Waals surface area contributed by atoms with Crippen LogP contribution in [-0.2, 0) is 33.5 Å².